The molecule has 0 spiro atoms. The second kappa shape index (κ2) is 7.84. The Labute approximate surface area is 182 Å². The summed E-state index contributed by atoms with van der Waals surface area (Å²) in [7, 11) is 0. The number of hydrogen-bond acceptors (Lipinski definition) is 2. The number of nitrogens with zero attached hydrogens (tertiary/aromatic N) is 1. The molecule has 6 heteroatoms. The number of carbonyl (C=O) groups excluding carboxylic acids is 1. The predicted molar refractivity (Wildman–Crippen MR) is 118 cm³/mol. The third-order valence-electron chi connectivity index (χ3n) is 4.45. The number of benzene rings is 2. The summed E-state index contributed by atoms with van der Waals surface area (Å²) < 4.78 is 1.92. The van der Waals surface area contributed by atoms with E-state index in [4.69, 9.17) is 34.8 Å². The number of aromatic nitrogens is 1. The van der Waals surface area contributed by atoms with E-state index in [-0.39, 0.29) is 5.78 Å². The van der Waals surface area contributed by atoms with Gasteiger partial charge in [-0.1, -0.05) is 52.6 Å². The highest BCUT2D eigenvalue weighted by Gasteiger charge is 2.23. The topological polar surface area (TPSA) is 21.5 Å². The summed E-state index contributed by atoms with van der Waals surface area (Å²) in [6.45, 7) is 1.96. The van der Waals surface area contributed by atoms with Gasteiger partial charge in [0.25, 0.3) is 0 Å². The molecule has 0 saturated carbocycles. The molecule has 0 unspecified atom stereocenters. The molecule has 0 saturated heterocycles. The molecule has 0 aliphatic carbocycles. The summed E-state index contributed by atoms with van der Waals surface area (Å²) in [4.78, 5) is 15.4. The van der Waals surface area contributed by atoms with E-state index >= 15 is 0 Å². The molecule has 2 aromatic heterocycles. The minimum absolute atomic E-state index is 0.136. The van der Waals surface area contributed by atoms with Gasteiger partial charge in [0.1, 0.15) is 0 Å². The number of halogens is 3. The van der Waals surface area contributed by atoms with Crippen LogP contribution in [0.3, 0.4) is 0 Å². The summed E-state index contributed by atoms with van der Waals surface area (Å²) in [6, 6.07) is 18.5. The SMILES string of the molecule is Cc1c(Sc2ccc(Cl)cc2)c2ccccn2c1C(=O)c1ccc(Cl)cc1Cl. The Morgan fingerprint density at radius 2 is 1.64 bits per heavy atom. The van der Waals surface area contributed by atoms with Crippen molar-refractivity contribution in [3.8, 4) is 0 Å². The largest absolute Gasteiger partial charge is 0.312 e. The zero-order valence-electron chi connectivity index (χ0n) is 14.7. The van der Waals surface area contributed by atoms with Crippen molar-refractivity contribution in [2.75, 3.05) is 0 Å². The molecule has 0 amide bonds. The molecule has 0 aliphatic rings. The monoisotopic (exact) mass is 445 g/mol. The Balaban J connectivity index is 1.86. The van der Waals surface area contributed by atoms with Crippen LogP contribution in [-0.2, 0) is 0 Å². The van der Waals surface area contributed by atoms with Gasteiger partial charge >= 0.3 is 0 Å². The Bertz CT molecular complexity index is 1200. The van der Waals surface area contributed by atoms with Crippen LogP contribution in [0.15, 0.2) is 76.7 Å². The second-order valence-electron chi connectivity index (χ2n) is 6.27. The standard InChI is InChI=1S/C22H14Cl3NOS/c1-13-20(21(27)17-10-7-15(24)12-18(17)25)26-11-3-2-4-19(26)22(13)28-16-8-5-14(23)6-9-16/h2-12H,1H3. The molecule has 4 aromatic rings. The minimum Gasteiger partial charge on any atom is -0.312 e. The van der Waals surface area contributed by atoms with Gasteiger partial charge in [-0.15, -0.1) is 0 Å². The van der Waals surface area contributed by atoms with Gasteiger partial charge in [0.2, 0.25) is 5.78 Å². The van der Waals surface area contributed by atoms with E-state index in [1.54, 1.807) is 30.0 Å². The Hall–Kier alpha value is -1.91. The van der Waals surface area contributed by atoms with E-state index in [9.17, 15) is 4.79 Å². The lowest BCUT2D eigenvalue weighted by Gasteiger charge is -2.06. The molecular formula is C22H14Cl3NOS. The van der Waals surface area contributed by atoms with Crippen LogP contribution < -0.4 is 0 Å². The van der Waals surface area contributed by atoms with E-state index in [1.165, 1.54) is 0 Å². The summed E-state index contributed by atoms with van der Waals surface area (Å²) in [6.07, 6.45) is 1.89. The van der Waals surface area contributed by atoms with Crippen LogP contribution in [0.2, 0.25) is 15.1 Å². The Morgan fingerprint density at radius 1 is 0.929 bits per heavy atom. The van der Waals surface area contributed by atoms with Gasteiger partial charge < -0.3 is 4.40 Å². The molecular weight excluding hydrogens is 433 g/mol. The van der Waals surface area contributed by atoms with Crippen LogP contribution in [0.1, 0.15) is 21.6 Å². The van der Waals surface area contributed by atoms with Crippen molar-refractivity contribution < 1.29 is 4.79 Å². The lowest BCUT2D eigenvalue weighted by atomic mass is 10.1. The smallest absolute Gasteiger partial charge is 0.211 e. The van der Waals surface area contributed by atoms with Crippen LogP contribution in [0, 0.1) is 6.92 Å². The first-order valence-electron chi connectivity index (χ1n) is 8.48. The Kier molecular flexibility index (Phi) is 5.44. The average Bonchev–Trinajstić information content (AvgIpc) is 2.95. The number of hydrogen-bond donors (Lipinski definition) is 0. The van der Waals surface area contributed by atoms with Gasteiger partial charge in [-0.05, 0) is 67.1 Å². The first-order chi connectivity index (χ1) is 13.5. The molecule has 0 atom stereocenters. The summed E-state index contributed by atoms with van der Waals surface area (Å²) in [5.74, 6) is -0.136. The van der Waals surface area contributed by atoms with Crippen molar-refractivity contribution in [2.45, 2.75) is 16.7 Å². The molecule has 28 heavy (non-hydrogen) atoms. The van der Waals surface area contributed by atoms with Crippen molar-refractivity contribution in [3.05, 3.63) is 98.7 Å². The number of ketones is 1. The van der Waals surface area contributed by atoms with Crippen LogP contribution >= 0.6 is 46.6 Å². The van der Waals surface area contributed by atoms with Gasteiger partial charge in [0, 0.05) is 31.6 Å². The highest BCUT2D eigenvalue weighted by atomic mass is 35.5. The van der Waals surface area contributed by atoms with Gasteiger partial charge in [-0.2, -0.15) is 0 Å². The maximum absolute atomic E-state index is 13.3. The van der Waals surface area contributed by atoms with Crippen molar-refractivity contribution in [3.63, 3.8) is 0 Å². The maximum atomic E-state index is 13.3. The Morgan fingerprint density at radius 3 is 2.36 bits per heavy atom. The minimum atomic E-state index is -0.136. The van der Waals surface area contributed by atoms with Crippen LogP contribution in [0.5, 0.6) is 0 Å². The summed E-state index contributed by atoms with van der Waals surface area (Å²) >= 11 is 19.9. The number of fused-ring (bicyclic) bond motifs is 1. The van der Waals surface area contributed by atoms with Crippen LogP contribution in [0.25, 0.3) is 5.52 Å². The molecule has 0 fully saturated rings. The fourth-order valence-electron chi connectivity index (χ4n) is 3.13. The van der Waals surface area contributed by atoms with Crippen molar-refractivity contribution >= 4 is 57.9 Å². The van der Waals surface area contributed by atoms with Gasteiger partial charge in [-0.25, -0.2) is 0 Å². The third-order valence-corrected chi connectivity index (χ3v) is 6.48. The van der Waals surface area contributed by atoms with Crippen molar-refractivity contribution in [1.82, 2.24) is 4.40 Å². The molecule has 140 valence electrons. The zero-order valence-corrected chi connectivity index (χ0v) is 17.8. The first-order valence-corrected chi connectivity index (χ1v) is 10.4. The van der Waals surface area contributed by atoms with Gasteiger partial charge in [0.15, 0.2) is 0 Å². The first kappa shape index (κ1) is 19.4. The predicted octanol–water partition coefficient (Wildman–Crippen LogP) is 7.59. The quantitative estimate of drug-likeness (QED) is 0.301. The molecule has 2 nitrogen and oxygen atoms in total. The van der Waals surface area contributed by atoms with E-state index in [2.05, 4.69) is 0 Å². The number of carbonyl (C=O) groups is 1. The molecule has 2 aromatic carbocycles. The lowest BCUT2D eigenvalue weighted by molar-refractivity contribution is 0.103. The molecule has 2 heterocycles. The van der Waals surface area contributed by atoms with E-state index < -0.39 is 0 Å². The highest BCUT2D eigenvalue weighted by molar-refractivity contribution is 7.99. The van der Waals surface area contributed by atoms with Crippen molar-refractivity contribution in [2.24, 2.45) is 0 Å². The number of pyridine rings is 1. The van der Waals surface area contributed by atoms with Gasteiger partial charge in [-0.3, -0.25) is 4.79 Å². The van der Waals surface area contributed by atoms with Crippen LogP contribution in [0.4, 0.5) is 0 Å². The van der Waals surface area contributed by atoms with E-state index in [0.717, 1.165) is 20.9 Å². The molecule has 0 aliphatic heterocycles. The number of rotatable bonds is 4. The summed E-state index contributed by atoms with van der Waals surface area (Å²) in [5.41, 5.74) is 2.90. The third kappa shape index (κ3) is 3.56. The molecule has 0 bridgehead atoms. The highest BCUT2D eigenvalue weighted by Crippen LogP contribution is 2.38. The average molecular weight is 447 g/mol. The van der Waals surface area contributed by atoms with E-state index in [0.29, 0.717) is 26.3 Å². The molecule has 4 rings (SSSR count). The fraction of sp³-hybridized carbons (Fsp3) is 0.0455. The zero-order chi connectivity index (χ0) is 19.8. The fourth-order valence-corrected chi connectivity index (χ4v) is 4.78. The van der Waals surface area contributed by atoms with Crippen molar-refractivity contribution in [1.29, 1.82) is 0 Å². The summed E-state index contributed by atoms with van der Waals surface area (Å²) in [5, 5.41) is 1.53. The molecule has 0 N–H and O–H groups in total. The molecule has 0 radical (unpaired) electrons. The normalized spacial score (nSPS) is 11.1. The lowest BCUT2D eigenvalue weighted by Crippen LogP contribution is -2.07. The maximum Gasteiger partial charge on any atom is 0.211 e. The van der Waals surface area contributed by atoms with E-state index in [1.807, 2.05) is 60.0 Å². The van der Waals surface area contributed by atoms with Crippen LogP contribution in [-0.4, -0.2) is 10.2 Å². The van der Waals surface area contributed by atoms with Gasteiger partial charge in [0.05, 0.1) is 16.2 Å². The second-order valence-corrected chi connectivity index (χ2v) is 8.63.